The predicted molar refractivity (Wildman–Crippen MR) is 74.2 cm³/mol. The molecule has 0 fully saturated rings. The summed E-state index contributed by atoms with van der Waals surface area (Å²) in [5, 5.41) is 12.0. The standard InChI is InChI=1S/C14H13FN4O/c1-2-20-14-11(8-16)12(17)7-13(19-14)18-10-5-3-9(15)4-6-10/h3-7H,2H2,1H3,(H3,17,18,19). The summed E-state index contributed by atoms with van der Waals surface area (Å²) in [4.78, 5) is 4.18. The van der Waals surface area contributed by atoms with Gasteiger partial charge >= 0.3 is 0 Å². The Hall–Kier alpha value is -2.81. The number of halogens is 1. The van der Waals surface area contributed by atoms with Crippen molar-refractivity contribution in [2.24, 2.45) is 0 Å². The van der Waals surface area contributed by atoms with E-state index >= 15 is 0 Å². The molecule has 20 heavy (non-hydrogen) atoms. The number of hydrogen-bond acceptors (Lipinski definition) is 5. The van der Waals surface area contributed by atoms with Crippen molar-refractivity contribution in [1.29, 1.82) is 5.26 Å². The first-order valence-corrected chi connectivity index (χ1v) is 6.00. The van der Waals surface area contributed by atoms with Gasteiger partial charge in [0.05, 0.1) is 12.3 Å². The normalized spacial score (nSPS) is 9.85. The van der Waals surface area contributed by atoms with E-state index in [0.717, 1.165) is 0 Å². The highest BCUT2D eigenvalue weighted by Crippen LogP contribution is 2.26. The molecule has 0 aliphatic carbocycles. The number of nitrogen functional groups attached to an aromatic ring is 1. The average Bonchev–Trinajstić information content (AvgIpc) is 2.42. The van der Waals surface area contributed by atoms with Crippen molar-refractivity contribution in [2.45, 2.75) is 6.92 Å². The van der Waals surface area contributed by atoms with E-state index in [4.69, 9.17) is 15.7 Å². The Morgan fingerprint density at radius 2 is 2.10 bits per heavy atom. The second kappa shape index (κ2) is 5.89. The fourth-order valence-electron chi connectivity index (χ4n) is 1.64. The number of nitrogens with two attached hydrogens (primary N) is 1. The molecule has 0 unspecified atom stereocenters. The molecule has 1 heterocycles. The van der Waals surface area contributed by atoms with Crippen LogP contribution in [0.25, 0.3) is 0 Å². The molecular weight excluding hydrogens is 259 g/mol. The number of pyridine rings is 1. The quantitative estimate of drug-likeness (QED) is 0.894. The molecule has 0 saturated carbocycles. The first kappa shape index (κ1) is 13.6. The van der Waals surface area contributed by atoms with Crippen LogP contribution in [0.1, 0.15) is 12.5 Å². The van der Waals surface area contributed by atoms with Gasteiger partial charge in [-0.25, -0.2) is 4.39 Å². The number of rotatable bonds is 4. The Balaban J connectivity index is 2.33. The highest BCUT2D eigenvalue weighted by Gasteiger charge is 2.11. The van der Waals surface area contributed by atoms with Crippen LogP contribution < -0.4 is 15.8 Å². The number of anilines is 3. The minimum absolute atomic E-state index is 0.180. The van der Waals surface area contributed by atoms with Gasteiger partial charge < -0.3 is 15.8 Å². The molecular formula is C14H13FN4O. The van der Waals surface area contributed by atoms with Crippen LogP contribution in [-0.2, 0) is 0 Å². The molecule has 0 atom stereocenters. The van der Waals surface area contributed by atoms with Crippen LogP contribution in [0.4, 0.5) is 21.6 Å². The Kier molecular flexibility index (Phi) is 4.01. The topological polar surface area (TPSA) is 84.0 Å². The lowest BCUT2D eigenvalue weighted by atomic mass is 10.2. The fourth-order valence-corrected chi connectivity index (χ4v) is 1.64. The maximum Gasteiger partial charge on any atom is 0.235 e. The zero-order chi connectivity index (χ0) is 14.5. The lowest BCUT2D eigenvalue weighted by molar-refractivity contribution is 0.326. The van der Waals surface area contributed by atoms with Crippen molar-refractivity contribution in [3.05, 3.63) is 41.7 Å². The Labute approximate surface area is 115 Å². The van der Waals surface area contributed by atoms with Gasteiger partial charge in [-0.1, -0.05) is 0 Å². The van der Waals surface area contributed by atoms with Crippen molar-refractivity contribution in [1.82, 2.24) is 4.98 Å². The highest BCUT2D eigenvalue weighted by atomic mass is 19.1. The van der Waals surface area contributed by atoms with E-state index in [-0.39, 0.29) is 22.9 Å². The third-order valence-electron chi connectivity index (χ3n) is 2.53. The molecule has 0 saturated heterocycles. The second-order valence-electron chi connectivity index (χ2n) is 3.95. The maximum absolute atomic E-state index is 12.8. The van der Waals surface area contributed by atoms with Gasteiger partial charge in [0.25, 0.3) is 0 Å². The zero-order valence-corrected chi connectivity index (χ0v) is 10.9. The molecule has 1 aromatic heterocycles. The van der Waals surface area contributed by atoms with Crippen molar-refractivity contribution in [3.63, 3.8) is 0 Å². The zero-order valence-electron chi connectivity index (χ0n) is 10.9. The van der Waals surface area contributed by atoms with Crippen LogP contribution in [0.3, 0.4) is 0 Å². The van der Waals surface area contributed by atoms with E-state index in [1.54, 1.807) is 19.1 Å². The number of nitrogens with zero attached hydrogens (tertiary/aromatic N) is 2. The van der Waals surface area contributed by atoms with E-state index < -0.39 is 0 Å². The number of aromatic nitrogens is 1. The molecule has 0 radical (unpaired) electrons. The van der Waals surface area contributed by atoms with Crippen molar-refractivity contribution in [2.75, 3.05) is 17.7 Å². The molecule has 0 aliphatic heterocycles. The summed E-state index contributed by atoms with van der Waals surface area (Å²) in [6.45, 7) is 2.17. The van der Waals surface area contributed by atoms with Crippen molar-refractivity contribution >= 4 is 17.2 Å². The largest absolute Gasteiger partial charge is 0.477 e. The van der Waals surface area contributed by atoms with Gasteiger partial charge in [0.1, 0.15) is 23.3 Å². The lowest BCUT2D eigenvalue weighted by Crippen LogP contribution is -2.04. The molecule has 2 rings (SSSR count). The van der Waals surface area contributed by atoms with Crippen molar-refractivity contribution < 1.29 is 9.13 Å². The monoisotopic (exact) mass is 272 g/mol. The average molecular weight is 272 g/mol. The van der Waals surface area contributed by atoms with Gasteiger partial charge in [0.2, 0.25) is 5.88 Å². The number of ether oxygens (including phenoxy) is 1. The number of nitrogens with one attached hydrogen (secondary N) is 1. The van der Waals surface area contributed by atoms with Gasteiger partial charge in [0, 0.05) is 11.8 Å². The Morgan fingerprint density at radius 3 is 2.70 bits per heavy atom. The van der Waals surface area contributed by atoms with E-state index in [0.29, 0.717) is 18.1 Å². The van der Waals surface area contributed by atoms with Crippen LogP contribution in [-0.4, -0.2) is 11.6 Å². The lowest BCUT2D eigenvalue weighted by Gasteiger charge is -2.11. The number of hydrogen-bond donors (Lipinski definition) is 2. The SMILES string of the molecule is CCOc1nc(Nc2ccc(F)cc2)cc(N)c1C#N. The first-order chi connectivity index (χ1) is 9.63. The van der Waals surface area contributed by atoms with Gasteiger partial charge in [-0.3, -0.25) is 0 Å². The van der Waals surface area contributed by atoms with Crippen LogP contribution in [0.5, 0.6) is 5.88 Å². The molecule has 0 spiro atoms. The highest BCUT2D eigenvalue weighted by molar-refractivity contribution is 5.67. The molecule has 3 N–H and O–H groups in total. The van der Waals surface area contributed by atoms with Crippen LogP contribution in [0.15, 0.2) is 30.3 Å². The van der Waals surface area contributed by atoms with Gasteiger partial charge in [0.15, 0.2) is 0 Å². The summed E-state index contributed by atoms with van der Waals surface area (Å²) in [5.74, 6) is 0.286. The first-order valence-electron chi connectivity index (χ1n) is 6.00. The second-order valence-corrected chi connectivity index (χ2v) is 3.95. The third kappa shape index (κ3) is 2.95. The minimum atomic E-state index is -0.321. The van der Waals surface area contributed by atoms with Crippen LogP contribution in [0.2, 0.25) is 0 Å². The Bertz CT molecular complexity index is 649. The molecule has 0 aliphatic rings. The van der Waals surface area contributed by atoms with E-state index in [1.165, 1.54) is 18.2 Å². The Morgan fingerprint density at radius 1 is 1.40 bits per heavy atom. The van der Waals surface area contributed by atoms with Crippen LogP contribution >= 0.6 is 0 Å². The van der Waals surface area contributed by atoms with Gasteiger partial charge in [-0.2, -0.15) is 10.2 Å². The summed E-state index contributed by atoms with van der Waals surface area (Å²) in [5.41, 5.74) is 6.93. The molecule has 2 aromatic rings. The summed E-state index contributed by atoms with van der Waals surface area (Å²) < 4.78 is 18.1. The fraction of sp³-hybridized carbons (Fsp3) is 0.143. The number of nitriles is 1. The van der Waals surface area contributed by atoms with Gasteiger partial charge in [-0.05, 0) is 31.2 Å². The summed E-state index contributed by atoms with van der Waals surface area (Å²) in [6.07, 6.45) is 0. The molecule has 6 heteroatoms. The smallest absolute Gasteiger partial charge is 0.235 e. The number of benzene rings is 1. The summed E-state index contributed by atoms with van der Waals surface area (Å²) >= 11 is 0. The van der Waals surface area contributed by atoms with Crippen LogP contribution in [0, 0.1) is 17.1 Å². The third-order valence-corrected chi connectivity index (χ3v) is 2.53. The van der Waals surface area contributed by atoms with E-state index in [1.807, 2.05) is 6.07 Å². The van der Waals surface area contributed by atoms with E-state index in [2.05, 4.69) is 10.3 Å². The molecule has 0 bridgehead atoms. The summed E-state index contributed by atoms with van der Waals surface area (Å²) in [7, 11) is 0. The van der Waals surface area contributed by atoms with E-state index in [9.17, 15) is 4.39 Å². The summed E-state index contributed by atoms with van der Waals surface area (Å²) in [6, 6.07) is 9.30. The molecule has 0 amide bonds. The molecule has 102 valence electrons. The molecule has 1 aromatic carbocycles. The minimum Gasteiger partial charge on any atom is -0.477 e. The molecule has 5 nitrogen and oxygen atoms in total. The predicted octanol–water partition coefficient (Wildman–Crippen LogP) is 2.82. The van der Waals surface area contributed by atoms with Crippen molar-refractivity contribution in [3.8, 4) is 11.9 Å². The maximum atomic E-state index is 12.8. The van der Waals surface area contributed by atoms with Gasteiger partial charge in [-0.15, -0.1) is 0 Å².